The molecule has 1 N–H and O–H groups in total. The molecule has 0 radical (unpaired) electrons. The van der Waals surface area contributed by atoms with Crippen molar-refractivity contribution in [3.05, 3.63) is 74.3 Å². The van der Waals surface area contributed by atoms with Crippen molar-refractivity contribution in [3.63, 3.8) is 0 Å². The number of nitrogens with zero attached hydrogens (tertiary/aromatic N) is 2. The number of carbonyl (C=O) groups excluding carboxylic acids is 3. The molecule has 0 spiro atoms. The molecule has 2 heterocycles. The number of rotatable bonds is 6. The molecule has 7 nitrogen and oxygen atoms in total. The minimum Gasteiger partial charge on any atom is -0.350 e. The Morgan fingerprint density at radius 1 is 1.26 bits per heavy atom. The van der Waals surface area contributed by atoms with Crippen LogP contribution in [-0.2, 0) is 4.79 Å². The zero-order valence-corrected chi connectivity index (χ0v) is 17.6. The number of aromatic nitrogens is 1. The quantitative estimate of drug-likeness (QED) is 0.696. The van der Waals surface area contributed by atoms with Gasteiger partial charge in [-0.2, -0.15) is 0 Å². The van der Waals surface area contributed by atoms with E-state index in [4.69, 9.17) is 0 Å². The van der Waals surface area contributed by atoms with Crippen LogP contribution in [0.2, 0.25) is 0 Å². The zero-order valence-electron chi connectivity index (χ0n) is 16.8. The Morgan fingerprint density at radius 3 is 2.71 bits per heavy atom. The number of halogens is 1. The number of imide groups is 1. The van der Waals surface area contributed by atoms with Gasteiger partial charge in [-0.05, 0) is 43.7 Å². The van der Waals surface area contributed by atoms with Crippen molar-refractivity contribution in [3.8, 4) is 0 Å². The summed E-state index contributed by atoms with van der Waals surface area (Å²) in [6, 6.07) is 7.72. The van der Waals surface area contributed by atoms with E-state index in [0.717, 1.165) is 35.2 Å². The maximum Gasteiger partial charge on any atom is 0.293 e. The van der Waals surface area contributed by atoms with Crippen LogP contribution in [0, 0.1) is 12.7 Å². The lowest BCUT2D eigenvalue weighted by atomic mass is 10.2. The molecule has 0 unspecified atom stereocenters. The van der Waals surface area contributed by atoms with Crippen molar-refractivity contribution in [2.24, 2.45) is 0 Å². The number of thioether (sulfide) groups is 1. The average Bonchev–Trinajstić information content (AvgIpc) is 3.53. The van der Waals surface area contributed by atoms with Gasteiger partial charge in [-0.15, -0.1) is 0 Å². The topological polar surface area (TPSA) is 88.5 Å². The minimum absolute atomic E-state index is 0.000592. The first-order chi connectivity index (χ1) is 14.8. The summed E-state index contributed by atoms with van der Waals surface area (Å²) in [7, 11) is 0. The molecule has 3 amide bonds. The van der Waals surface area contributed by atoms with Crippen molar-refractivity contribution in [2.75, 3.05) is 13.1 Å². The molecule has 0 bridgehead atoms. The number of benzene rings is 1. The van der Waals surface area contributed by atoms with Gasteiger partial charge >= 0.3 is 0 Å². The molecule has 31 heavy (non-hydrogen) atoms. The molecule has 1 aliphatic heterocycles. The highest BCUT2D eigenvalue weighted by molar-refractivity contribution is 8.18. The first-order valence-electron chi connectivity index (χ1n) is 9.86. The van der Waals surface area contributed by atoms with Crippen molar-refractivity contribution in [2.45, 2.75) is 25.8 Å². The van der Waals surface area contributed by atoms with Gasteiger partial charge in [-0.3, -0.25) is 24.1 Å². The molecule has 1 aromatic heterocycles. The van der Waals surface area contributed by atoms with Gasteiger partial charge in [0, 0.05) is 42.7 Å². The van der Waals surface area contributed by atoms with E-state index in [-0.39, 0.29) is 34.6 Å². The van der Waals surface area contributed by atoms with E-state index in [0.29, 0.717) is 6.04 Å². The monoisotopic (exact) mass is 441 g/mol. The van der Waals surface area contributed by atoms with Gasteiger partial charge in [0.05, 0.1) is 4.91 Å². The summed E-state index contributed by atoms with van der Waals surface area (Å²) in [5, 5.41) is 2.11. The lowest BCUT2D eigenvalue weighted by Gasteiger charge is -2.14. The Morgan fingerprint density at radius 2 is 2.00 bits per heavy atom. The Kier molecular flexibility index (Phi) is 5.77. The van der Waals surface area contributed by atoms with Crippen molar-refractivity contribution in [1.82, 2.24) is 14.8 Å². The fourth-order valence-electron chi connectivity index (χ4n) is 3.37. The second-order valence-corrected chi connectivity index (χ2v) is 8.44. The highest BCUT2D eigenvalue weighted by atomic mass is 32.2. The summed E-state index contributed by atoms with van der Waals surface area (Å²) in [5.74, 6) is -1.58. The SMILES string of the molecule is Cc1cc(=O)c(C(=O)NCCN2C(=O)S/C(=C\c3ccccc3F)C2=O)cn1C1CC1. The third kappa shape index (κ3) is 4.46. The molecule has 9 heteroatoms. The summed E-state index contributed by atoms with van der Waals surface area (Å²) in [6.45, 7) is 1.78. The van der Waals surface area contributed by atoms with Crippen LogP contribution < -0.4 is 10.7 Å². The molecule has 2 fully saturated rings. The number of pyridine rings is 1. The van der Waals surface area contributed by atoms with Gasteiger partial charge in [-0.1, -0.05) is 18.2 Å². The maximum absolute atomic E-state index is 13.8. The predicted molar refractivity (Wildman–Crippen MR) is 115 cm³/mol. The van der Waals surface area contributed by atoms with Crippen LogP contribution >= 0.6 is 11.8 Å². The summed E-state index contributed by atoms with van der Waals surface area (Å²) in [6.07, 6.45) is 4.95. The van der Waals surface area contributed by atoms with E-state index in [1.807, 2.05) is 11.5 Å². The first kappa shape index (κ1) is 21.0. The summed E-state index contributed by atoms with van der Waals surface area (Å²) >= 11 is 0.723. The molecule has 160 valence electrons. The second-order valence-electron chi connectivity index (χ2n) is 7.44. The number of carbonyl (C=O) groups is 3. The van der Waals surface area contributed by atoms with E-state index < -0.39 is 22.9 Å². The van der Waals surface area contributed by atoms with Crippen molar-refractivity contribution < 1.29 is 18.8 Å². The molecule has 2 aliphatic rings. The zero-order chi connectivity index (χ0) is 22.1. The Hall–Kier alpha value is -3.20. The molecule has 1 aliphatic carbocycles. The van der Waals surface area contributed by atoms with Crippen LogP contribution in [0.25, 0.3) is 6.08 Å². The standard InChI is InChI=1S/C22H20FN3O4S/c1-13-10-18(27)16(12-26(13)15-6-7-15)20(28)24-8-9-25-21(29)19(31-22(25)30)11-14-4-2-3-5-17(14)23/h2-5,10-12,15H,6-9H2,1H3,(H,24,28)/b19-11-. The van der Waals surface area contributed by atoms with E-state index >= 15 is 0 Å². The van der Waals surface area contributed by atoms with E-state index in [9.17, 15) is 23.6 Å². The van der Waals surface area contributed by atoms with Crippen LogP contribution in [0.3, 0.4) is 0 Å². The van der Waals surface area contributed by atoms with Gasteiger partial charge in [0.1, 0.15) is 11.4 Å². The molecule has 0 atom stereocenters. The van der Waals surface area contributed by atoms with Gasteiger partial charge in [0.25, 0.3) is 17.1 Å². The van der Waals surface area contributed by atoms with Crippen LogP contribution in [0.15, 0.2) is 46.2 Å². The van der Waals surface area contributed by atoms with Gasteiger partial charge in [0.2, 0.25) is 0 Å². The molecule has 2 aromatic rings. The van der Waals surface area contributed by atoms with Crippen LogP contribution in [0.5, 0.6) is 0 Å². The first-order valence-corrected chi connectivity index (χ1v) is 10.7. The summed E-state index contributed by atoms with van der Waals surface area (Å²) in [4.78, 5) is 50.5. The minimum atomic E-state index is -0.548. The van der Waals surface area contributed by atoms with Gasteiger partial charge < -0.3 is 9.88 Å². The largest absolute Gasteiger partial charge is 0.350 e. The summed E-state index contributed by atoms with van der Waals surface area (Å²) in [5.41, 5.74) is 0.688. The molecule has 4 rings (SSSR count). The molecular weight excluding hydrogens is 421 g/mol. The average molecular weight is 441 g/mol. The van der Waals surface area contributed by atoms with Gasteiger partial charge in [-0.25, -0.2) is 4.39 Å². The maximum atomic E-state index is 13.8. The van der Waals surface area contributed by atoms with E-state index in [2.05, 4.69) is 5.32 Å². The lowest BCUT2D eigenvalue weighted by molar-refractivity contribution is -0.122. The van der Waals surface area contributed by atoms with Crippen LogP contribution in [0.4, 0.5) is 9.18 Å². The molecule has 1 saturated carbocycles. The Balaban J connectivity index is 1.40. The fourth-order valence-corrected chi connectivity index (χ4v) is 4.22. The Bertz CT molecular complexity index is 1170. The van der Waals surface area contributed by atoms with E-state index in [1.165, 1.54) is 30.3 Å². The molecule has 1 aromatic carbocycles. The third-order valence-corrected chi connectivity index (χ3v) is 6.06. The second kappa shape index (κ2) is 8.50. The normalized spacial score (nSPS) is 17.5. The number of hydrogen-bond donors (Lipinski definition) is 1. The lowest BCUT2D eigenvalue weighted by Crippen LogP contribution is -2.38. The van der Waals surface area contributed by atoms with Gasteiger partial charge in [0.15, 0.2) is 5.43 Å². The smallest absolute Gasteiger partial charge is 0.293 e. The molecular formula is C22H20FN3O4S. The number of hydrogen-bond acceptors (Lipinski definition) is 5. The number of aryl methyl sites for hydroxylation is 1. The number of amides is 3. The van der Waals surface area contributed by atoms with Crippen molar-refractivity contribution in [1.29, 1.82) is 0 Å². The fraction of sp³-hybridized carbons (Fsp3) is 0.273. The Labute approximate surface area is 181 Å². The van der Waals surface area contributed by atoms with Crippen LogP contribution in [0.1, 0.15) is 40.5 Å². The third-order valence-electron chi connectivity index (χ3n) is 5.15. The van der Waals surface area contributed by atoms with Crippen molar-refractivity contribution >= 4 is 34.9 Å². The summed E-state index contributed by atoms with van der Waals surface area (Å²) < 4.78 is 15.7. The molecule has 1 saturated heterocycles. The number of nitrogens with one attached hydrogen (secondary N) is 1. The van der Waals surface area contributed by atoms with Crippen LogP contribution in [-0.4, -0.2) is 39.6 Å². The van der Waals surface area contributed by atoms with E-state index in [1.54, 1.807) is 12.3 Å². The highest BCUT2D eigenvalue weighted by Gasteiger charge is 2.35. The highest BCUT2D eigenvalue weighted by Crippen LogP contribution is 2.35. The predicted octanol–water partition coefficient (Wildman–Crippen LogP) is 3.10.